The van der Waals surface area contributed by atoms with Crippen LogP contribution in [0, 0.1) is 5.41 Å². The lowest BCUT2D eigenvalue weighted by Gasteiger charge is -2.18. The maximum absolute atomic E-state index is 14.0. The van der Waals surface area contributed by atoms with Crippen molar-refractivity contribution in [2.45, 2.75) is 45.8 Å². The fourth-order valence-corrected chi connectivity index (χ4v) is 2.76. The van der Waals surface area contributed by atoms with E-state index in [0.717, 1.165) is 6.42 Å². The average Bonchev–Trinajstić information content (AvgIpc) is 3.05. The molecule has 10 heteroatoms. The van der Waals surface area contributed by atoms with E-state index >= 15 is 0 Å². The third kappa shape index (κ3) is 6.23. The second-order valence-electron chi connectivity index (χ2n) is 7.02. The molecular formula is C20H25F4N5O. The van der Waals surface area contributed by atoms with Crippen LogP contribution in [0.5, 0.6) is 0 Å². The van der Waals surface area contributed by atoms with Gasteiger partial charge in [-0.2, -0.15) is 13.2 Å². The van der Waals surface area contributed by atoms with Gasteiger partial charge in [0.1, 0.15) is 23.8 Å². The van der Waals surface area contributed by atoms with Crippen LogP contribution in [-0.4, -0.2) is 39.0 Å². The van der Waals surface area contributed by atoms with Crippen molar-refractivity contribution in [1.29, 1.82) is 5.41 Å². The molecule has 0 saturated heterocycles. The van der Waals surface area contributed by atoms with E-state index in [1.165, 1.54) is 23.0 Å². The smallest absolute Gasteiger partial charge is 0.375 e. The van der Waals surface area contributed by atoms with Gasteiger partial charge in [-0.25, -0.2) is 4.39 Å². The topological polar surface area (TPSA) is 89.5 Å². The van der Waals surface area contributed by atoms with Gasteiger partial charge in [0.2, 0.25) is 0 Å². The molecule has 0 radical (unpaired) electrons. The van der Waals surface area contributed by atoms with Crippen LogP contribution in [0.25, 0.3) is 0 Å². The number of carbonyl (C=O) groups is 1. The van der Waals surface area contributed by atoms with E-state index in [4.69, 9.17) is 5.41 Å². The summed E-state index contributed by atoms with van der Waals surface area (Å²) < 4.78 is 53.3. The number of hydrogen-bond donors (Lipinski definition) is 4. The average molecular weight is 427 g/mol. The Labute approximate surface area is 171 Å². The minimum absolute atomic E-state index is 0.0112. The van der Waals surface area contributed by atoms with Crippen LogP contribution >= 0.6 is 0 Å². The Hall–Kier alpha value is -3.04. The molecule has 0 aliphatic rings. The number of aromatic amines is 2. The Bertz CT molecular complexity index is 945. The van der Waals surface area contributed by atoms with Crippen LogP contribution in [0.3, 0.4) is 0 Å². The summed E-state index contributed by atoms with van der Waals surface area (Å²) in [6.07, 6.45) is -0.100. The van der Waals surface area contributed by atoms with Crippen LogP contribution < -0.4 is 5.32 Å². The number of halogens is 4. The normalized spacial score (nSPS) is 12.3. The summed E-state index contributed by atoms with van der Waals surface area (Å²) in [4.78, 5) is 15.1. The molecule has 0 aliphatic heterocycles. The van der Waals surface area contributed by atoms with Gasteiger partial charge in [-0.1, -0.05) is 25.5 Å². The molecule has 0 atom stereocenters. The first-order chi connectivity index (χ1) is 14.0. The van der Waals surface area contributed by atoms with E-state index in [-0.39, 0.29) is 47.2 Å². The first-order valence-electron chi connectivity index (χ1n) is 9.43. The molecule has 0 saturated carbocycles. The van der Waals surface area contributed by atoms with E-state index in [9.17, 15) is 22.4 Å². The lowest BCUT2D eigenvalue weighted by Crippen LogP contribution is -2.24. The SMILES string of the molecule is C=C(C)/C=C(/F)Cn1[nH]cc1C(=N)c1[nH]c(C(=O)CCCC)cc1NCC(F)(F)F. The third-order valence-corrected chi connectivity index (χ3v) is 4.22. The zero-order valence-electron chi connectivity index (χ0n) is 16.8. The lowest BCUT2D eigenvalue weighted by atomic mass is 10.1. The molecule has 0 amide bonds. The molecule has 0 aromatic carbocycles. The highest BCUT2D eigenvalue weighted by molar-refractivity contribution is 6.13. The van der Waals surface area contributed by atoms with Crippen LogP contribution in [-0.2, 0) is 6.54 Å². The van der Waals surface area contributed by atoms with Gasteiger partial charge in [-0.15, -0.1) is 0 Å². The molecule has 0 bridgehead atoms. The number of hydrogen-bond acceptors (Lipinski definition) is 3. The van der Waals surface area contributed by atoms with Gasteiger partial charge in [0.15, 0.2) is 5.78 Å². The summed E-state index contributed by atoms with van der Waals surface area (Å²) in [6, 6.07) is 1.28. The van der Waals surface area contributed by atoms with Gasteiger partial charge in [-0.3, -0.25) is 14.9 Å². The number of rotatable bonds is 11. The zero-order valence-corrected chi connectivity index (χ0v) is 16.8. The van der Waals surface area contributed by atoms with Gasteiger partial charge in [-0.05, 0) is 25.5 Å². The minimum atomic E-state index is -4.47. The Morgan fingerprint density at radius 2 is 2.10 bits per heavy atom. The summed E-state index contributed by atoms with van der Waals surface area (Å²) in [5.41, 5.74) is 0.761. The van der Waals surface area contributed by atoms with Crippen molar-refractivity contribution in [3.8, 4) is 0 Å². The molecule has 164 valence electrons. The summed E-state index contributed by atoms with van der Waals surface area (Å²) in [7, 11) is 0. The second kappa shape index (κ2) is 9.64. The number of unbranched alkanes of at least 4 members (excludes halogenated alkanes) is 1. The van der Waals surface area contributed by atoms with Crippen LogP contribution in [0.1, 0.15) is 55.0 Å². The van der Waals surface area contributed by atoms with Crippen molar-refractivity contribution in [1.82, 2.24) is 14.8 Å². The third-order valence-electron chi connectivity index (χ3n) is 4.22. The predicted molar refractivity (Wildman–Crippen MR) is 108 cm³/mol. The molecule has 2 heterocycles. The quantitative estimate of drug-likeness (QED) is 0.169. The molecule has 0 spiro atoms. The number of carbonyl (C=O) groups excluding carboxylic acids is 1. The van der Waals surface area contributed by atoms with Crippen molar-refractivity contribution in [3.05, 3.63) is 53.4 Å². The summed E-state index contributed by atoms with van der Waals surface area (Å²) >= 11 is 0. The number of Topliss-reactive ketones (excluding diaryl/α,β-unsaturated/α-hetero) is 1. The number of alkyl halides is 3. The van der Waals surface area contributed by atoms with Gasteiger partial charge in [0.05, 0.1) is 23.6 Å². The number of nitrogens with zero attached hydrogens (tertiary/aromatic N) is 1. The molecular weight excluding hydrogens is 402 g/mol. The van der Waals surface area contributed by atoms with Crippen LogP contribution in [0.2, 0.25) is 0 Å². The van der Waals surface area contributed by atoms with E-state index in [2.05, 4.69) is 22.0 Å². The van der Waals surface area contributed by atoms with Crippen LogP contribution in [0.15, 0.2) is 36.3 Å². The molecule has 0 aliphatic carbocycles. The number of aromatic nitrogens is 3. The zero-order chi connectivity index (χ0) is 22.5. The summed E-state index contributed by atoms with van der Waals surface area (Å²) in [5.74, 6) is -0.746. The highest BCUT2D eigenvalue weighted by Gasteiger charge is 2.28. The molecule has 2 aromatic heterocycles. The Morgan fingerprint density at radius 3 is 2.63 bits per heavy atom. The number of nitrogens with one attached hydrogen (secondary N) is 4. The second-order valence-corrected chi connectivity index (χ2v) is 7.02. The Balaban J connectivity index is 2.30. The van der Waals surface area contributed by atoms with Crippen molar-refractivity contribution in [3.63, 3.8) is 0 Å². The fourth-order valence-electron chi connectivity index (χ4n) is 2.76. The predicted octanol–water partition coefficient (Wildman–Crippen LogP) is 5.34. The van der Waals surface area contributed by atoms with Gasteiger partial charge >= 0.3 is 6.18 Å². The largest absolute Gasteiger partial charge is 0.405 e. The molecule has 2 rings (SSSR count). The first kappa shape index (κ1) is 23.2. The molecule has 6 nitrogen and oxygen atoms in total. The minimum Gasteiger partial charge on any atom is -0.375 e. The van der Waals surface area contributed by atoms with E-state index in [0.29, 0.717) is 12.0 Å². The van der Waals surface area contributed by atoms with Crippen molar-refractivity contribution >= 4 is 17.2 Å². The fraction of sp³-hybridized carbons (Fsp3) is 0.400. The molecule has 0 unspecified atom stereocenters. The number of ketones is 1. The van der Waals surface area contributed by atoms with Crippen molar-refractivity contribution in [2.24, 2.45) is 0 Å². The van der Waals surface area contributed by atoms with E-state index < -0.39 is 18.5 Å². The Morgan fingerprint density at radius 1 is 1.40 bits per heavy atom. The van der Waals surface area contributed by atoms with Crippen molar-refractivity contribution in [2.75, 3.05) is 11.9 Å². The molecule has 2 aromatic rings. The maximum Gasteiger partial charge on any atom is 0.405 e. The first-order valence-corrected chi connectivity index (χ1v) is 9.43. The standard InChI is InChI=1S/C20H25F4N5O/c1-4-5-6-17(30)14-8-15(26-11-20(22,23)24)19(28-14)18(25)16-9-27-29(16)10-13(21)7-12(2)3/h7-9,25-28H,2,4-6,10-11H2,1,3H3/b13-7+,25-18?. The van der Waals surface area contributed by atoms with E-state index in [1.54, 1.807) is 6.92 Å². The molecule has 30 heavy (non-hydrogen) atoms. The van der Waals surface area contributed by atoms with Crippen LogP contribution in [0.4, 0.5) is 23.2 Å². The highest BCUT2D eigenvalue weighted by Crippen LogP contribution is 2.25. The van der Waals surface area contributed by atoms with Crippen molar-refractivity contribution < 1.29 is 22.4 Å². The summed E-state index contributed by atoms with van der Waals surface area (Å²) in [6.45, 7) is 5.65. The lowest BCUT2D eigenvalue weighted by molar-refractivity contribution is -0.115. The summed E-state index contributed by atoms with van der Waals surface area (Å²) in [5, 5.41) is 13.4. The van der Waals surface area contributed by atoms with Gasteiger partial charge < -0.3 is 15.4 Å². The molecule has 4 N–H and O–H groups in total. The van der Waals surface area contributed by atoms with E-state index in [1.807, 2.05) is 6.92 Å². The maximum atomic E-state index is 14.0. The Kier molecular flexibility index (Phi) is 7.47. The highest BCUT2D eigenvalue weighted by atomic mass is 19.4. The number of allylic oxidation sites excluding steroid dienone is 3. The number of anilines is 1. The molecule has 0 fully saturated rings. The van der Waals surface area contributed by atoms with Gasteiger partial charge in [0, 0.05) is 12.6 Å². The monoisotopic (exact) mass is 427 g/mol. The number of H-pyrrole nitrogens is 2. The van der Waals surface area contributed by atoms with Gasteiger partial charge in [0.25, 0.3) is 0 Å².